The molecule has 3 aliphatic rings. The van der Waals surface area contributed by atoms with Crippen LogP contribution in [0.4, 0.5) is 0 Å². The molecule has 2 bridgehead atoms. The van der Waals surface area contributed by atoms with E-state index in [9.17, 15) is 0 Å². The molecule has 76 valence electrons. The molecule has 0 aromatic rings. The lowest BCUT2D eigenvalue weighted by Gasteiger charge is -1.88. The lowest BCUT2D eigenvalue weighted by Crippen LogP contribution is -1.79. The summed E-state index contributed by atoms with van der Waals surface area (Å²) >= 11 is 0. The van der Waals surface area contributed by atoms with Crippen LogP contribution in [-0.4, -0.2) is 0 Å². The third kappa shape index (κ3) is 3.25. The Hall–Kier alpha value is -1.56. The van der Waals surface area contributed by atoms with Gasteiger partial charge in [-0.15, -0.1) is 0 Å². The topological polar surface area (TPSA) is 0 Å². The van der Waals surface area contributed by atoms with Crippen LogP contribution in [-0.2, 0) is 0 Å². The molecule has 0 aromatic carbocycles. The minimum absolute atomic E-state index is 0.810. The van der Waals surface area contributed by atoms with E-state index in [4.69, 9.17) is 0 Å². The van der Waals surface area contributed by atoms with E-state index in [0.717, 1.165) is 11.8 Å². The number of hydrogen-bond acceptors (Lipinski definition) is 0. The van der Waals surface area contributed by atoms with E-state index in [2.05, 4.69) is 24.3 Å². The highest BCUT2D eigenvalue weighted by Crippen LogP contribution is 2.31. The quantitative estimate of drug-likeness (QED) is 0.514. The van der Waals surface area contributed by atoms with Crippen LogP contribution in [0.15, 0.2) is 72.9 Å². The molecule has 0 aliphatic heterocycles. The van der Waals surface area contributed by atoms with Gasteiger partial charge in [-0.05, 0) is 18.3 Å². The first-order valence-electron chi connectivity index (χ1n) is 5.48. The van der Waals surface area contributed by atoms with Crippen LogP contribution in [0.25, 0.3) is 0 Å². The fourth-order valence-corrected chi connectivity index (χ4v) is 1.84. The predicted molar refractivity (Wildman–Crippen MR) is 66.4 cm³/mol. The Labute approximate surface area is 91.7 Å². The van der Waals surface area contributed by atoms with Gasteiger partial charge in [0.15, 0.2) is 0 Å². The molecule has 0 aromatic heterocycles. The monoisotopic (exact) mass is 196 g/mol. The van der Waals surface area contributed by atoms with E-state index < -0.39 is 0 Å². The Morgan fingerprint density at radius 1 is 0.467 bits per heavy atom. The Bertz CT molecular complexity index is 277. The summed E-state index contributed by atoms with van der Waals surface area (Å²) in [7, 11) is 0. The van der Waals surface area contributed by atoms with Crippen molar-refractivity contribution < 1.29 is 0 Å². The zero-order valence-corrected chi connectivity index (χ0v) is 8.79. The van der Waals surface area contributed by atoms with Gasteiger partial charge in [-0.3, -0.25) is 0 Å². The molecule has 0 atom stereocenters. The van der Waals surface area contributed by atoms with Crippen LogP contribution in [0.2, 0.25) is 0 Å². The molecule has 15 heavy (non-hydrogen) atoms. The summed E-state index contributed by atoms with van der Waals surface area (Å²) in [5, 5.41) is 0. The van der Waals surface area contributed by atoms with Crippen molar-refractivity contribution in [3.8, 4) is 0 Å². The van der Waals surface area contributed by atoms with Gasteiger partial charge in [0.05, 0.1) is 0 Å². The zero-order chi connectivity index (χ0) is 10.3. The van der Waals surface area contributed by atoms with Gasteiger partial charge in [0.2, 0.25) is 0 Å². The minimum Gasteiger partial charge on any atom is -0.0810 e. The van der Waals surface area contributed by atoms with Gasteiger partial charge < -0.3 is 0 Å². The number of rotatable bonds is 0. The molecule has 0 N–H and O–H groups in total. The van der Waals surface area contributed by atoms with Gasteiger partial charge in [0.1, 0.15) is 0 Å². The first-order chi connectivity index (χ1) is 7.45. The normalized spacial score (nSPS) is 28.8. The molecule has 0 heteroatoms. The Balaban J connectivity index is 0.000000114. The fourth-order valence-electron chi connectivity index (χ4n) is 1.84. The van der Waals surface area contributed by atoms with Crippen LogP contribution in [0.3, 0.4) is 0 Å². The van der Waals surface area contributed by atoms with Crippen molar-refractivity contribution in [1.29, 1.82) is 0 Å². The molecule has 0 heterocycles. The summed E-state index contributed by atoms with van der Waals surface area (Å²) < 4.78 is 0. The number of hydrogen-bond donors (Lipinski definition) is 0. The summed E-state index contributed by atoms with van der Waals surface area (Å²) in [6.07, 6.45) is 26.5. The van der Waals surface area contributed by atoms with Crippen molar-refractivity contribution in [2.24, 2.45) is 11.8 Å². The molecule has 0 amide bonds. The molecule has 0 unspecified atom stereocenters. The van der Waals surface area contributed by atoms with Crippen LogP contribution in [0.5, 0.6) is 0 Å². The summed E-state index contributed by atoms with van der Waals surface area (Å²) in [4.78, 5) is 0. The first-order valence-corrected chi connectivity index (χ1v) is 5.48. The molecule has 3 rings (SSSR count). The van der Waals surface area contributed by atoms with Crippen molar-refractivity contribution in [2.45, 2.75) is 6.42 Å². The van der Waals surface area contributed by atoms with Gasteiger partial charge in [0.25, 0.3) is 0 Å². The largest absolute Gasteiger partial charge is 0.0810 e. The van der Waals surface area contributed by atoms with E-state index >= 15 is 0 Å². The lowest BCUT2D eigenvalue weighted by atomic mass is 10.2. The number of fused-ring (bicyclic) bond motifs is 2. The second-order valence-corrected chi connectivity index (χ2v) is 3.87. The Morgan fingerprint density at radius 3 is 0.867 bits per heavy atom. The maximum absolute atomic E-state index is 2.30. The van der Waals surface area contributed by atoms with E-state index in [1.54, 1.807) is 0 Å². The van der Waals surface area contributed by atoms with Crippen LogP contribution in [0, 0.1) is 11.8 Å². The zero-order valence-electron chi connectivity index (χ0n) is 8.79. The van der Waals surface area contributed by atoms with Crippen molar-refractivity contribution in [2.75, 3.05) is 0 Å². The molecule has 3 aliphatic carbocycles. The van der Waals surface area contributed by atoms with Crippen LogP contribution >= 0.6 is 0 Å². The summed E-state index contributed by atoms with van der Waals surface area (Å²) in [6.45, 7) is 0. The van der Waals surface area contributed by atoms with Crippen molar-refractivity contribution in [1.82, 2.24) is 0 Å². The van der Waals surface area contributed by atoms with Gasteiger partial charge in [-0.2, -0.15) is 0 Å². The maximum Gasteiger partial charge on any atom is -0.00445 e. The van der Waals surface area contributed by atoms with Crippen LogP contribution < -0.4 is 0 Å². The highest BCUT2D eigenvalue weighted by atomic mass is 14.2. The molecule has 0 spiro atoms. The van der Waals surface area contributed by atoms with Gasteiger partial charge in [0, 0.05) is 0 Å². The third-order valence-corrected chi connectivity index (χ3v) is 2.64. The summed E-state index contributed by atoms with van der Waals surface area (Å²) in [6, 6.07) is 0. The van der Waals surface area contributed by atoms with Crippen LogP contribution in [0.1, 0.15) is 6.42 Å². The SMILES string of the molecule is C1=CC2C=CC1C2.C1=CC=CC=CC=C1. The molecule has 0 radical (unpaired) electrons. The molecular formula is C15H16. The van der Waals surface area contributed by atoms with E-state index in [1.807, 2.05) is 48.6 Å². The molecule has 0 saturated heterocycles. The molecular weight excluding hydrogens is 180 g/mol. The standard InChI is InChI=1S/C8H8.C7H8/c1-2-4-6-8-7-5-3-1;1-2-7-4-3-6(1)5-7/h1-8H;1-4,6-7H,5H2. The second kappa shape index (κ2) is 5.35. The van der Waals surface area contributed by atoms with Crippen molar-refractivity contribution in [3.05, 3.63) is 72.9 Å². The minimum atomic E-state index is 0.810. The van der Waals surface area contributed by atoms with Crippen molar-refractivity contribution >= 4 is 0 Å². The van der Waals surface area contributed by atoms with E-state index in [0.29, 0.717) is 0 Å². The molecule has 0 nitrogen and oxygen atoms in total. The van der Waals surface area contributed by atoms with Gasteiger partial charge in [-0.25, -0.2) is 0 Å². The first kappa shape index (κ1) is 9.97. The molecule has 0 fully saturated rings. The van der Waals surface area contributed by atoms with Gasteiger partial charge in [-0.1, -0.05) is 72.9 Å². The average molecular weight is 196 g/mol. The Kier molecular flexibility index (Phi) is 3.56. The highest BCUT2D eigenvalue weighted by Gasteiger charge is 2.19. The maximum atomic E-state index is 2.30. The van der Waals surface area contributed by atoms with E-state index in [1.165, 1.54) is 6.42 Å². The molecule has 0 saturated carbocycles. The third-order valence-electron chi connectivity index (χ3n) is 2.64. The lowest BCUT2D eigenvalue weighted by molar-refractivity contribution is 0.732. The smallest absolute Gasteiger partial charge is 0.00445 e. The second-order valence-electron chi connectivity index (χ2n) is 3.87. The summed E-state index contributed by atoms with van der Waals surface area (Å²) in [5.74, 6) is 1.62. The number of allylic oxidation sites excluding steroid dienone is 12. The highest BCUT2D eigenvalue weighted by molar-refractivity contribution is 5.23. The Morgan fingerprint density at radius 2 is 0.733 bits per heavy atom. The predicted octanol–water partition coefficient (Wildman–Crippen LogP) is 3.97. The fraction of sp³-hybridized carbons (Fsp3) is 0.200. The van der Waals surface area contributed by atoms with Gasteiger partial charge >= 0.3 is 0 Å². The van der Waals surface area contributed by atoms with E-state index in [-0.39, 0.29) is 0 Å². The average Bonchev–Trinajstić information content (AvgIpc) is 2.80. The summed E-state index contributed by atoms with van der Waals surface area (Å²) in [5.41, 5.74) is 0. The van der Waals surface area contributed by atoms with Crippen molar-refractivity contribution in [3.63, 3.8) is 0 Å².